The van der Waals surface area contributed by atoms with E-state index in [9.17, 15) is 14.4 Å². The normalized spacial score (nSPS) is 12.5. The van der Waals surface area contributed by atoms with Crippen LogP contribution in [-0.2, 0) is 28.6 Å². The third-order valence-electron chi connectivity index (χ3n) is 10.7. The maximum absolute atomic E-state index is 12.8. The fraction of sp³-hybridized carbons (Fsp3) is 0.759. The van der Waals surface area contributed by atoms with Crippen LogP contribution in [0.5, 0.6) is 0 Å². The number of allylic oxidation sites excluding steroid dienone is 10. The van der Waals surface area contributed by atoms with Gasteiger partial charge in [0.25, 0.3) is 0 Å². The Morgan fingerprint density at radius 1 is 0.333 bits per heavy atom. The van der Waals surface area contributed by atoms with Crippen LogP contribution in [0.15, 0.2) is 60.8 Å². The lowest BCUT2D eigenvalue weighted by molar-refractivity contribution is -0.167. The average molecular weight is 839 g/mol. The minimum absolute atomic E-state index is 0.0940. The number of carbonyl (C=O) groups excluding carboxylic acids is 3. The van der Waals surface area contributed by atoms with E-state index in [0.29, 0.717) is 19.3 Å². The molecule has 0 bridgehead atoms. The molecule has 0 aromatic rings. The zero-order chi connectivity index (χ0) is 43.7. The van der Waals surface area contributed by atoms with Crippen molar-refractivity contribution in [3.63, 3.8) is 0 Å². The Bertz CT molecular complexity index is 1100. The standard InChI is InChI=1S/C54H94O6/c1-4-7-10-13-16-19-22-25-26-27-28-30-33-35-38-41-44-47-53(56)59-50-51(60-54(57)48-45-42-39-36-31-24-21-18-15-12-9-6-3)49-58-52(55)46-43-40-37-34-32-29-23-20-17-14-11-8-5-2/h16,19-20,23,25-26,28,30,35,38,51H,4-15,17-18,21-22,24,27,29,31-34,36-37,39-50H2,1-3H3/b19-16-,23-20-,26-25-,30-28-,38-35-/t51-/m0/s1. The summed E-state index contributed by atoms with van der Waals surface area (Å²) in [4.78, 5) is 37.9. The maximum atomic E-state index is 12.8. The fourth-order valence-corrected chi connectivity index (χ4v) is 6.90. The second-order valence-electron chi connectivity index (χ2n) is 16.7. The molecule has 6 heteroatoms. The van der Waals surface area contributed by atoms with Crippen molar-refractivity contribution in [1.29, 1.82) is 0 Å². The first-order chi connectivity index (χ1) is 29.5. The summed E-state index contributed by atoms with van der Waals surface area (Å²) in [5.74, 6) is -0.957. The number of esters is 3. The highest BCUT2D eigenvalue weighted by Gasteiger charge is 2.19. The van der Waals surface area contributed by atoms with Crippen molar-refractivity contribution >= 4 is 17.9 Å². The quantitative estimate of drug-likeness (QED) is 0.0263. The van der Waals surface area contributed by atoms with E-state index < -0.39 is 6.10 Å². The highest BCUT2D eigenvalue weighted by molar-refractivity contribution is 5.71. The zero-order valence-electron chi connectivity index (χ0n) is 39.5. The molecule has 60 heavy (non-hydrogen) atoms. The molecule has 0 saturated carbocycles. The molecule has 0 fully saturated rings. The Balaban J connectivity index is 4.46. The summed E-state index contributed by atoms with van der Waals surface area (Å²) < 4.78 is 16.7. The molecule has 1 atom stereocenters. The molecule has 0 unspecified atom stereocenters. The average Bonchev–Trinajstić information content (AvgIpc) is 3.24. The predicted octanol–water partition coefficient (Wildman–Crippen LogP) is 16.5. The minimum Gasteiger partial charge on any atom is -0.462 e. The van der Waals surface area contributed by atoms with Crippen LogP contribution in [-0.4, -0.2) is 37.2 Å². The van der Waals surface area contributed by atoms with Gasteiger partial charge in [0.1, 0.15) is 13.2 Å². The number of unbranched alkanes of at least 4 members (excludes halogenated alkanes) is 24. The Morgan fingerprint density at radius 3 is 1.07 bits per heavy atom. The van der Waals surface area contributed by atoms with Crippen LogP contribution < -0.4 is 0 Å². The van der Waals surface area contributed by atoms with Gasteiger partial charge in [0.15, 0.2) is 6.10 Å². The van der Waals surface area contributed by atoms with Crippen LogP contribution in [0, 0.1) is 0 Å². The third-order valence-corrected chi connectivity index (χ3v) is 10.7. The second-order valence-corrected chi connectivity index (χ2v) is 16.7. The van der Waals surface area contributed by atoms with Crippen molar-refractivity contribution in [2.24, 2.45) is 0 Å². The van der Waals surface area contributed by atoms with Crippen molar-refractivity contribution in [3.05, 3.63) is 60.8 Å². The van der Waals surface area contributed by atoms with Gasteiger partial charge in [-0.15, -0.1) is 0 Å². The summed E-state index contributed by atoms with van der Waals surface area (Å²) >= 11 is 0. The van der Waals surface area contributed by atoms with Gasteiger partial charge < -0.3 is 14.2 Å². The number of rotatable bonds is 45. The summed E-state index contributed by atoms with van der Waals surface area (Å²) in [5.41, 5.74) is 0. The summed E-state index contributed by atoms with van der Waals surface area (Å²) in [6.45, 7) is 6.54. The largest absolute Gasteiger partial charge is 0.462 e. The Labute approximate surface area is 370 Å². The van der Waals surface area contributed by atoms with Gasteiger partial charge in [-0.2, -0.15) is 0 Å². The lowest BCUT2D eigenvalue weighted by Gasteiger charge is -2.18. The summed E-state index contributed by atoms with van der Waals surface area (Å²) in [6.07, 6.45) is 59.2. The molecule has 0 amide bonds. The second kappa shape index (κ2) is 48.8. The molecule has 0 aliphatic heterocycles. The number of ether oxygens (including phenoxy) is 3. The minimum atomic E-state index is -0.795. The number of carbonyl (C=O) groups is 3. The SMILES string of the molecule is CCCCC/C=C\C/C=C\C/C=C\C/C=C\CCCC(=O)OC[C@H](COC(=O)CCCCCCC/C=C\CCCCCC)OC(=O)CCCCCCCCCCCCCC. The van der Waals surface area contributed by atoms with Gasteiger partial charge in [0, 0.05) is 19.3 Å². The van der Waals surface area contributed by atoms with Crippen molar-refractivity contribution in [3.8, 4) is 0 Å². The van der Waals surface area contributed by atoms with Crippen LogP contribution in [0.2, 0.25) is 0 Å². The third kappa shape index (κ3) is 46.2. The van der Waals surface area contributed by atoms with Gasteiger partial charge in [-0.3, -0.25) is 14.4 Å². The van der Waals surface area contributed by atoms with Gasteiger partial charge in [0.2, 0.25) is 0 Å². The molecule has 0 aromatic heterocycles. The van der Waals surface area contributed by atoms with E-state index >= 15 is 0 Å². The fourth-order valence-electron chi connectivity index (χ4n) is 6.90. The van der Waals surface area contributed by atoms with Crippen LogP contribution >= 0.6 is 0 Å². The topological polar surface area (TPSA) is 78.9 Å². The van der Waals surface area contributed by atoms with E-state index in [4.69, 9.17) is 14.2 Å². The van der Waals surface area contributed by atoms with Gasteiger partial charge in [-0.25, -0.2) is 0 Å². The molecule has 0 N–H and O–H groups in total. The first-order valence-corrected chi connectivity index (χ1v) is 25.3. The molecule has 6 nitrogen and oxygen atoms in total. The Kier molecular flexibility index (Phi) is 46.4. The molecule has 0 radical (unpaired) electrons. The van der Waals surface area contributed by atoms with Crippen LogP contribution in [0.4, 0.5) is 0 Å². The van der Waals surface area contributed by atoms with Crippen molar-refractivity contribution < 1.29 is 28.6 Å². The lowest BCUT2D eigenvalue weighted by Crippen LogP contribution is -2.30. The molecule has 0 aliphatic carbocycles. The molecule has 0 heterocycles. The molecule has 0 spiro atoms. The smallest absolute Gasteiger partial charge is 0.306 e. The molecule has 0 aliphatic rings. The molecule has 0 aromatic carbocycles. The van der Waals surface area contributed by atoms with Crippen LogP contribution in [0.1, 0.15) is 245 Å². The van der Waals surface area contributed by atoms with E-state index in [0.717, 1.165) is 70.6 Å². The van der Waals surface area contributed by atoms with E-state index in [1.807, 2.05) is 0 Å². The maximum Gasteiger partial charge on any atom is 0.306 e. The van der Waals surface area contributed by atoms with E-state index in [-0.39, 0.29) is 37.5 Å². The van der Waals surface area contributed by atoms with Crippen molar-refractivity contribution in [2.45, 2.75) is 252 Å². The molecular formula is C54H94O6. The summed E-state index contributed by atoms with van der Waals surface area (Å²) in [6, 6.07) is 0. The molecule has 346 valence electrons. The first kappa shape index (κ1) is 57.1. The summed E-state index contributed by atoms with van der Waals surface area (Å²) in [7, 11) is 0. The first-order valence-electron chi connectivity index (χ1n) is 25.3. The monoisotopic (exact) mass is 839 g/mol. The highest BCUT2D eigenvalue weighted by atomic mass is 16.6. The predicted molar refractivity (Wildman–Crippen MR) is 256 cm³/mol. The van der Waals surface area contributed by atoms with Gasteiger partial charge in [-0.1, -0.05) is 204 Å². The zero-order valence-corrected chi connectivity index (χ0v) is 39.5. The molecule has 0 saturated heterocycles. The van der Waals surface area contributed by atoms with Gasteiger partial charge in [0.05, 0.1) is 0 Å². The van der Waals surface area contributed by atoms with E-state index in [1.54, 1.807) is 0 Å². The lowest BCUT2D eigenvalue weighted by atomic mass is 10.0. The Morgan fingerprint density at radius 2 is 0.617 bits per heavy atom. The van der Waals surface area contributed by atoms with Gasteiger partial charge >= 0.3 is 17.9 Å². The van der Waals surface area contributed by atoms with Crippen LogP contribution in [0.25, 0.3) is 0 Å². The Hall–Kier alpha value is -2.89. The van der Waals surface area contributed by atoms with Gasteiger partial charge in [-0.05, 0) is 83.5 Å². The van der Waals surface area contributed by atoms with E-state index in [1.165, 1.54) is 128 Å². The molecule has 0 rings (SSSR count). The molecular weight excluding hydrogens is 745 g/mol. The van der Waals surface area contributed by atoms with E-state index in [2.05, 4.69) is 81.5 Å². The number of hydrogen-bond donors (Lipinski definition) is 0. The van der Waals surface area contributed by atoms with Crippen molar-refractivity contribution in [2.75, 3.05) is 13.2 Å². The summed E-state index contributed by atoms with van der Waals surface area (Å²) in [5, 5.41) is 0. The highest BCUT2D eigenvalue weighted by Crippen LogP contribution is 2.14. The van der Waals surface area contributed by atoms with Crippen molar-refractivity contribution in [1.82, 2.24) is 0 Å². The number of hydrogen-bond acceptors (Lipinski definition) is 6. The van der Waals surface area contributed by atoms with Crippen LogP contribution in [0.3, 0.4) is 0 Å².